The van der Waals surface area contributed by atoms with Crippen molar-refractivity contribution < 1.29 is 4.74 Å². The second kappa shape index (κ2) is 4.02. The minimum atomic E-state index is 0.0947. The molecule has 3 aliphatic rings. The van der Waals surface area contributed by atoms with E-state index in [0.717, 1.165) is 11.7 Å². The first-order valence-corrected chi connectivity index (χ1v) is 8.14. The molecule has 0 saturated heterocycles. The molecule has 2 saturated carbocycles. The summed E-state index contributed by atoms with van der Waals surface area (Å²) in [5.74, 6) is 2.74. The molecule has 108 valence electrons. The molecular formula is C18H30O. The summed E-state index contributed by atoms with van der Waals surface area (Å²) >= 11 is 0. The summed E-state index contributed by atoms with van der Waals surface area (Å²) in [5.41, 5.74) is 1.09. The predicted molar refractivity (Wildman–Crippen MR) is 79.8 cm³/mol. The zero-order chi connectivity index (χ0) is 13.9. The largest absolute Gasteiger partial charge is 0.492 e. The lowest BCUT2D eigenvalue weighted by Gasteiger charge is -2.62. The Morgan fingerprint density at radius 1 is 1.05 bits per heavy atom. The SMILES string of the molecule is CC1=CC[C@@H]2[C@@]3(C)CCCC(C)(C)[C@H]3CC[C@@]2(C)O1. The van der Waals surface area contributed by atoms with Gasteiger partial charge in [-0.2, -0.15) is 0 Å². The summed E-state index contributed by atoms with van der Waals surface area (Å²) in [6.45, 7) is 12.1. The molecule has 2 fully saturated rings. The lowest BCUT2D eigenvalue weighted by Crippen LogP contribution is -2.58. The van der Waals surface area contributed by atoms with Gasteiger partial charge in [-0.05, 0) is 68.8 Å². The zero-order valence-electron chi connectivity index (χ0n) is 13.4. The average molecular weight is 262 g/mol. The second-order valence-corrected chi connectivity index (χ2v) is 8.46. The van der Waals surface area contributed by atoms with Gasteiger partial charge in [0.25, 0.3) is 0 Å². The van der Waals surface area contributed by atoms with Gasteiger partial charge in [-0.3, -0.25) is 0 Å². The first-order valence-electron chi connectivity index (χ1n) is 8.14. The maximum atomic E-state index is 6.32. The fraction of sp³-hybridized carbons (Fsp3) is 0.889. The summed E-state index contributed by atoms with van der Waals surface area (Å²) in [5, 5.41) is 0. The number of rotatable bonds is 0. The number of fused-ring (bicyclic) bond motifs is 3. The van der Waals surface area contributed by atoms with Crippen molar-refractivity contribution in [2.75, 3.05) is 0 Å². The Bertz CT molecular complexity index is 408. The van der Waals surface area contributed by atoms with Crippen LogP contribution in [-0.4, -0.2) is 5.60 Å². The number of hydrogen-bond acceptors (Lipinski definition) is 1. The average Bonchev–Trinajstić information content (AvgIpc) is 2.25. The molecule has 0 aromatic carbocycles. The van der Waals surface area contributed by atoms with Crippen molar-refractivity contribution >= 4 is 0 Å². The molecule has 2 aliphatic carbocycles. The molecule has 1 aliphatic heterocycles. The maximum Gasteiger partial charge on any atom is 0.109 e. The molecule has 3 rings (SSSR count). The van der Waals surface area contributed by atoms with Gasteiger partial charge in [0.15, 0.2) is 0 Å². The monoisotopic (exact) mass is 262 g/mol. The Balaban J connectivity index is 1.99. The molecule has 0 radical (unpaired) electrons. The molecule has 1 heteroatoms. The van der Waals surface area contributed by atoms with Crippen LogP contribution in [0.2, 0.25) is 0 Å². The van der Waals surface area contributed by atoms with E-state index in [1.165, 1.54) is 38.5 Å². The lowest BCUT2D eigenvalue weighted by molar-refractivity contribution is -0.181. The van der Waals surface area contributed by atoms with Crippen molar-refractivity contribution in [3.8, 4) is 0 Å². The fourth-order valence-electron chi connectivity index (χ4n) is 5.94. The van der Waals surface area contributed by atoms with Gasteiger partial charge in [0.05, 0.1) is 5.76 Å². The van der Waals surface area contributed by atoms with E-state index in [9.17, 15) is 0 Å². The second-order valence-electron chi connectivity index (χ2n) is 8.46. The molecule has 0 N–H and O–H groups in total. The van der Waals surface area contributed by atoms with Gasteiger partial charge >= 0.3 is 0 Å². The topological polar surface area (TPSA) is 9.23 Å². The van der Waals surface area contributed by atoms with Crippen molar-refractivity contribution in [1.29, 1.82) is 0 Å². The predicted octanol–water partition coefficient (Wildman–Crippen LogP) is 5.31. The third-order valence-corrected chi connectivity index (χ3v) is 6.77. The van der Waals surface area contributed by atoms with Crippen LogP contribution in [0.15, 0.2) is 11.8 Å². The van der Waals surface area contributed by atoms with Gasteiger partial charge in [0.1, 0.15) is 5.60 Å². The molecule has 4 atom stereocenters. The van der Waals surface area contributed by atoms with Crippen molar-refractivity contribution in [2.24, 2.45) is 22.7 Å². The third kappa shape index (κ3) is 1.87. The van der Waals surface area contributed by atoms with Crippen LogP contribution in [-0.2, 0) is 4.74 Å². The standard InChI is InChI=1S/C18H30O/c1-13-7-8-15-17(4)11-6-10-16(2,3)14(17)9-12-18(15,5)19-13/h7,14-15H,6,8-12H2,1-5H3/t14-,15-,17+,18-/m1/s1. The van der Waals surface area contributed by atoms with Crippen LogP contribution in [0.4, 0.5) is 0 Å². The van der Waals surface area contributed by atoms with E-state index in [4.69, 9.17) is 4.74 Å². The van der Waals surface area contributed by atoms with Crippen molar-refractivity contribution in [2.45, 2.75) is 78.7 Å². The molecule has 1 nitrogen and oxygen atoms in total. The van der Waals surface area contributed by atoms with Crippen LogP contribution in [0.25, 0.3) is 0 Å². The molecule has 0 spiro atoms. The normalized spacial score (nSPS) is 48.6. The summed E-state index contributed by atoms with van der Waals surface area (Å²) < 4.78 is 6.32. The van der Waals surface area contributed by atoms with E-state index >= 15 is 0 Å². The highest BCUT2D eigenvalue weighted by Gasteiger charge is 2.59. The fourth-order valence-corrected chi connectivity index (χ4v) is 5.94. The van der Waals surface area contributed by atoms with E-state index in [1.807, 2.05) is 0 Å². The zero-order valence-corrected chi connectivity index (χ0v) is 13.4. The van der Waals surface area contributed by atoms with Gasteiger partial charge in [-0.1, -0.05) is 27.2 Å². The highest BCUT2D eigenvalue weighted by molar-refractivity contribution is 5.13. The first-order chi connectivity index (χ1) is 8.78. The van der Waals surface area contributed by atoms with Gasteiger partial charge < -0.3 is 4.74 Å². The molecule has 0 amide bonds. The van der Waals surface area contributed by atoms with E-state index < -0.39 is 0 Å². The Kier molecular flexibility index (Phi) is 2.86. The van der Waals surface area contributed by atoms with Crippen molar-refractivity contribution in [3.63, 3.8) is 0 Å². The van der Waals surface area contributed by atoms with Crippen molar-refractivity contribution in [1.82, 2.24) is 0 Å². The molecule has 1 heterocycles. The molecule has 0 aromatic heterocycles. The minimum absolute atomic E-state index is 0.0947. The van der Waals surface area contributed by atoms with E-state index in [0.29, 0.717) is 16.7 Å². The van der Waals surface area contributed by atoms with Gasteiger partial charge in [0.2, 0.25) is 0 Å². The number of ether oxygens (including phenoxy) is 1. The maximum absolute atomic E-state index is 6.32. The van der Waals surface area contributed by atoms with Crippen LogP contribution in [0, 0.1) is 22.7 Å². The molecular weight excluding hydrogens is 232 g/mol. The van der Waals surface area contributed by atoms with Crippen molar-refractivity contribution in [3.05, 3.63) is 11.8 Å². The third-order valence-electron chi connectivity index (χ3n) is 6.77. The van der Waals surface area contributed by atoms with E-state index in [-0.39, 0.29) is 5.60 Å². The molecule has 0 bridgehead atoms. The summed E-state index contributed by atoms with van der Waals surface area (Å²) in [6, 6.07) is 0. The Morgan fingerprint density at radius 3 is 2.53 bits per heavy atom. The first kappa shape index (κ1) is 13.5. The smallest absolute Gasteiger partial charge is 0.109 e. The van der Waals surface area contributed by atoms with Gasteiger partial charge in [0, 0.05) is 5.92 Å². The summed E-state index contributed by atoms with van der Waals surface area (Å²) in [7, 11) is 0. The van der Waals surface area contributed by atoms with Gasteiger partial charge in [-0.25, -0.2) is 0 Å². The van der Waals surface area contributed by atoms with E-state index in [1.54, 1.807) is 0 Å². The molecule has 0 aromatic rings. The Hall–Kier alpha value is -0.460. The van der Waals surface area contributed by atoms with Crippen LogP contribution in [0.1, 0.15) is 73.1 Å². The highest BCUT2D eigenvalue weighted by atomic mass is 16.5. The number of allylic oxidation sites excluding steroid dienone is 2. The number of hydrogen-bond donors (Lipinski definition) is 0. The van der Waals surface area contributed by atoms with E-state index in [2.05, 4.69) is 40.7 Å². The Morgan fingerprint density at radius 2 is 1.79 bits per heavy atom. The van der Waals surface area contributed by atoms with Crippen LogP contribution >= 0.6 is 0 Å². The van der Waals surface area contributed by atoms with Gasteiger partial charge in [-0.15, -0.1) is 0 Å². The van der Waals surface area contributed by atoms with Crippen LogP contribution < -0.4 is 0 Å². The summed E-state index contributed by atoms with van der Waals surface area (Å²) in [6.07, 6.45) is 10.4. The van der Waals surface area contributed by atoms with Crippen LogP contribution in [0.3, 0.4) is 0 Å². The highest BCUT2D eigenvalue weighted by Crippen LogP contribution is 2.64. The molecule has 0 unspecified atom stereocenters. The summed E-state index contributed by atoms with van der Waals surface area (Å²) in [4.78, 5) is 0. The quantitative estimate of drug-likeness (QED) is 0.574. The lowest BCUT2D eigenvalue weighted by atomic mass is 9.45. The minimum Gasteiger partial charge on any atom is -0.492 e. The van der Waals surface area contributed by atoms with Crippen LogP contribution in [0.5, 0.6) is 0 Å². The molecule has 19 heavy (non-hydrogen) atoms. The Labute approximate surface area is 118 Å².